The van der Waals surface area contributed by atoms with E-state index in [1.807, 2.05) is 5.32 Å². The van der Waals surface area contributed by atoms with Gasteiger partial charge in [-0.25, -0.2) is 18.6 Å². The highest BCUT2D eigenvalue weighted by atomic mass is 32.1. The predicted octanol–water partition coefficient (Wildman–Crippen LogP) is 0.968. The molecule has 0 radical (unpaired) electrons. The van der Waals surface area contributed by atoms with Crippen molar-refractivity contribution < 1.29 is 36.7 Å². The lowest BCUT2D eigenvalue weighted by Crippen LogP contribution is -2.38. The van der Waals surface area contributed by atoms with Crippen molar-refractivity contribution in [2.24, 2.45) is 5.73 Å². The Bertz CT molecular complexity index is 854. The van der Waals surface area contributed by atoms with Crippen molar-refractivity contribution in [2.45, 2.75) is 12.5 Å². The van der Waals surface area contributed by atoms with E-state index >= 15 is 0 Å². The number of hydrogen-bond donors (Lipinski definition) is 2. The van der Waals surface area contributed by atoms with Gasteiger partial charge in [0.25, 0.3) is 5.91 Å². The largest absolute Gasteiger partial charge is 0.442 e. The molecule has 2 saturated heterocycles. The lowest BCUT2D eigenvalue weighted by atomic mass is 10.2. The fraction of sp³-hybridized carbons (Fsp3) is 0.471. The van der Waals surface area contributed by atoms with E-state index in [0.29, 0.717) is 0 Å². The lowest BCUT2D eigenvalue weighted by molar-refractivity contribution is -0.132. The summed E-state index contributed by atoms with van der Waals surface area (Å²) in [6.07, 6.45) is -5.08. The third-order valence-electron chi connectivity index (χ3n) is 4.63. The number of ether oxygens (including phenoxy) is 1. The first-order chi connectivity index (χ1) is 14.7. The number of halogens is 4. The second kappa shape index (κ2) is 9.51. The number of carbonyl (C=O) groups is 2. The Hall–Kier alpha value is -2.87. The molecule has 0 bridgehead atoms. The van der Waals surface area contributed by atoms with Gasteiger partial charge in [-0.1, -0.05) is 0 Å². The molecular formula is C17H19F4N5O4S. The number of amides is 2. The molecule has 2 amide bonds. The van der Waals surface area contributed by atoms with Gasteiger partial charge in [0.1, 0.15) is 11.8 Å². The molecule has 0 aliphatic carbocycles. The number of carbonyl (C=O) groups excluding carboxylic acids is 2. The van der Waals surface area contributed by atoms with Crippen LogP contribution in [0.25, 0.3) is 0 Å². The Balaban J connectivity index is 1.71. The minimum Gasteiger partial charge on any atom is -0.442 e. The molecule has 2 heterocycles. The molecule has 170 valence electrons. The SMILES string of the molecule is NC(=S)N1CCN(c2c(F)cc(N3CC(CNC(=O)C(F)F)OC3=O)cc2F)CCO1. The molecule has 0 saturated carbocycles. The summed E-state index contributed by atoms with van der Waals surface area (Å²) >= 11 is 4.83. The average molecular weight is 465 g/mol. The average Bonchev–Trinajstić information content (AvgIpc) is 2.90. The number of thiocarbonyl (C=S) groups is 1. The summed E-state index contributed by atoms with van der Waals surface area (Å²) in [7, 11) is 0. The van der Waals surface area contributed by atoms with Crippen LogP contribution in [0.5, 0.6) is 0 Å². The van der Waals surface area contributed by atoms with Crippen molar-refractivity contribution in [3.63, 3.8) is 0 Å². The number of rotatable bonds is 5. The highest BCUT2D eigenvalue weighted by Crippen LogP contribution is 2.31. The van der Waals surface area contributed by atoms with Crippen LogP contribution in [0, 0.1) is 11.6 Å². The molecular weight excluding hydrogens is 446 g/mol. The normalized spacial score (nSPS) is 19.5. The van der Waals surface area contributed by atoms with Gasteiger partial charge in [0.15, 0.2) is 16.7 Å². The topological polar surface area (TPSA) is 100 Å². The monoisotopic (exact) mass is 465 g/mol. The molecule has 2 fully saturated rings. The van der Waals surface area contributed by atoms with Gasteiger partial charge in [0, 0.05) is 25.2 Å². The first-order valence-corrected chi connectivity index (χ1v) is 9.56. The van der Waals surface area contributed by atoms with E-state index in [4.69, 9.17) is 27.5 Å². The van der Waals surface area contributed by atoms with Gasteiger partial charge < -0.3 is 20.7 Å². The number of nitrogens with zero attached hydrogens (tertiary/aromatic N) is 3. The van der Waals surface area contributed by atoms with Crippen molar-refractivity contribution in [1.29, 1.82) is 0 Å². The van der Waals surface area contributed by atoms with Gasteiger partial charge in [-0.05, 0) is 12.2 Å². The zero-order valence-corrected chi connectivity index (χ0v) is 16.8. The summed E-state index contributed by atoms with van der Waals surface area (Å²) in [5, 5.41) is 3.19. The van der Waals surface area contributed by atoms with Crippen LogP contribution in [0.3, 0.4) is 0 Å². The highest BCUT2D eigenvalue weighted by Gasteiger charge is 2.34. The molecule has 2 aliphatic heterocycles. The first kappa shape index (κ1) is 22.8. The number of nitrogens with one attached hydrogen (secondary N) is 1. The van der Waals surface area contributed by atoms with Crippen molar-refractivity contribution in [1.82, 2.24) is 10.4 Å². The van der Waals surface area contributed by atoms with Crippen molar-refractivity contribution in [3.8, 4) is 0 Å². The van der Waals surface area contributed by atoms with Gasteiger partial charge in [0.05, 0.1) is 31.9 Å². The molecule has 1 atom stereocenters. The Morgan fingerprint density at radius 3 is 2.55 bits per heavy atom. The van der Waals surface area contributed by atoms with Crippen LogP contribution in [-0.4, -0.2) is 74.0 Å². The number of nitrogens with two attached hydrogens (primary N) is 1. The van der Waals surface area contributed by atoms with Gasteiger partial charge >= 0.3 is 12.5 Å². The molecule has 14 heteroatoms. The molecule has 1 aromatic carbocycles. The molecule has 2 aliphatic rings. The number of anilines is 2. The van der Waals surface area contributed by atoms with E-state index in [2.05, 4.69) is 0 Å². The molecule has 3 N–H and O–H groups in total. The smallest absolute Gasteiger partial charge is 0.414 e. The lowest BCUT2D eigenvalue weighted by Gasteiger charge is -2.24. The fourth-order valence-electron chi connectivity index (χ4n) is 3.19. The van der Waals surface area contributed by atoms with Gasteiger partial charge in [0.2, 0.25) is 0 Å². The van der Waals surface area contributed by atoms with E-state index in [1.165, 1.54) is 9.96 Å². The Kier molecular flexibility index (Phi) is 7.00. The minimum atomic E-state index is -3.21. The third-order valence-corrected chi connectivity index (χ3v) is 4.84. The van der Waals surface area contributed by atoms with E-state index in [9.17, 15) is 27.2 Å². The summed E-state index contributed by atoms with van der Waals surface area (Å²) in [5.74, 6) is -3.34. The molecule has 0 aromatic heterocycles. The van der Waals surface area contributed by atoms with Crippen LogP contribution < -0.4 is 20.9 Å². The van der Waals surface area contributed by atoms with Crippen LogP contribution in [0.2, 0.25) is 0 Å². The number of cyclic esters (lactones) is 1. The molecule has 1 aromatic rings. The maximum Gasteiger partial charge on any atom is 0.414 e. The van der Waals surface area contributed by atoms with Crippen molar-refractivity contribution in [2.75, 3.05) is 49.1 Å². The molecule has 9 nitrogen and oxygen atoms in total. The number of benzene rings is 1. The second-order valence-electron chi connectivity index (χ2n) is 6.68. The number of alkyl halides is 2. The van der Waals surface area contributed by atoms with E-state index in [1.54, 1.807) is 0 Å². The minimum absolute atomic E-state index is 0.00461. The Morgan fingerprint density at radius 2 is 1.94 bits per heavy atom. The van der Waals surface area contributed by atoms with Crippen molar-refractivity contribution in [3.05, 3.63) is 23.8 Å². The maximum atomic E-state index is 14.8. The fourth-order valence-corrected chi connectivity index (χ4v) is 3.33. The summed E-state index contributed by atoms with van der Waals surface area (Å²) < 4.78 is 59.1. The second-order valence-corrected chi connectivity index (χ2v) is 7.10. The van der Waals surface area contributed by atoms with E-state index in [0.717, 1.165) is 17.0 Å². The maximum absolute atomic E-state index is 14.8. The Morgan fingerprint density at radius 1 is 1.26 bits per heavy atom. The summed E-state index contributed by atoms with van der Waals surface area (Å²) in [6, 6.07) is 1.94. The van der Waals surface area contributed by atoms with Crippen LogP contribution in [0.1, 0.15) is 0 Å². The number of hydrogen-bond acceptors (Lipinski definition) is 6. The molecule has 31 heavy (non-hydrogen) atoms. The quantitative estimate of drug-likeness (QED) is 0.490. The summed E-state index contributed by atoms with van der Waals surface area (Å²) in [6.45, 7) is 0.109. The van der Waals surface area contributed by atoms with E-state index in [-0.39, 0.29) is 55.8 Å². The van der Waals surface area contributed by atoms with Crippen LogP contribution in [0.15, 0.2) is 12.1 Å². The standard InChI is InChI=1S/C17H19F4N5O4S/c18-11-5-9(25-8-10(30-17(25)28)7-23-15(27)14(20)21)6-12(19)13(11)24-1-2-26(16(22)31)29-4-3-24/h5-6,10,14H,1-4,7-8H2,(H2,22,31)(H,23,27). The van der Waals surface area contributed by atoms with Crippen LogP contribution in [-0.2, 0) is 14.4 Å². The van der Waals surface area contributed by atoms with Gasteiger partial charge in [-0.15, -0.1) is 0 Å². The van der Waals surface area contributed by atoms with Gasteiger partial charge in [-0.2, -0.15) is 8.78 Å². The highest BCUT2D eigenvalue weighted by molar-refractivity contribution is 7.80. The Labute approximate surface area is 179 Å². The first-order valence-electron chi connectivity index (χ1n) is 9.15. The van der Waals surface area contributed by atoms with E-state index < -0.39 is 36.2 Å². The van der Waals surface area contributed by atoms with Crippen molar-refractivity contribution >= 4 is 40.7 Å². The molecule has 0 spiro atoms. The number of hydroxylamine groups is 2. The summed E-state index contributed by atoms with van der Waals surface area (Å²) in [4.78, 5) is 30.7. The predicted molar refractivity (Wildman–Crippen MR) is 105 cm³/mol. The zero-order valence-electron chi connectivity index (χ0n) is 16.0. The van der Waals surface area contributed by atoms with Gasteiger partial charge in [-0.3, -0.25) is 14.5 Å². The summed E-state index contributed by atoms with van der Waals surface area (Å²) in [5.41, 5.74) is 5.09. The third kappa shape index (κ3) is 5.25. The van der Waals surface area contributed by atoms with Crippen LogP contribution in [0.4, 0.5) is 33.7 Å². The molecule has 1 unspecified atom stereocenters. The van der Waals surface area contributed by atoms with Crippen LogP contribution >= 0.6 is 12.2 Å². The molecule has 3 rings (SSSR count). The zero-order chi connectivity index (χ0) is 22.7.